The van der Waals surface area contributed by atoms with E-state index in [2.05, 4.69) is 42.6 Å². The summed E-state index contributed by atoms with van der Waals surface area (Å²) in [6.07, 6.45) is -9.39. The van der Waals surface area contributed by atoms with Crippen LogP contribution in [0.2, 0.25) is 0 Å². The molecule has 0 spiro atoms. The molecule has 280 valence electrons. The van der Waals surface area contributed by atoms with E-state index in [0.717, 1.165) is 10.9 Å². The summed E-state index contributed by atoms with van der Waals surface area (Å²) < 4.78 is 69.3. The van der Waals surface area contributed by atoms with Gasteiger partial charge in [-0.15, -0.1) is 0 Å². The maximum atomic E-state index is 12.5. The maximum absolute atomic E-state index is 12.5. The fraction of sp³-hybridized carbons (Fsp3) is 0.524. The highest BCUT2D eigenvalue weighted by Gasteiger charge is 2.50. The highest BCUT2D eigenvalue weighted by molar-refractivity contribution is 7.66. The van der Waals surface area contributed by atoms with Crippen LogP contribution >= 0.6 is 23.5 Å². The molecule has 0 bridgehead atoms. The number of phosphoric ester groups is 2. The Morgan fingerprint density at radius 1 is 0.882 bits per heavy atom. The molecule has 0 amide bonds. The lowest BCUT2D eigenvalue weighted by atomic mass is 10.1. The SMILES string of the molecule is Cn1c[n+](C2OC(COP(=O)(O)OP(=O)(O)OP(=O)(O)OCC3OC(n4cnc5c(N)ncnc54)C(O)C3O)C(O)C2O)c2nc(N)nc([O-])c21. The van der Waals surface area contributed by atoms with Crippen LogP contribution in [0.1, 0.15) is 12.5 Å². The van der Waals surface area contributed by atoms with E-state index < -0.39 is 97.6 Å². The van der Waals surface area contributed by atoms with Gasteiger partial charge >= 0.3 is 29.1 Å². The first-order valence-electron chi connectivity index (χ1n) is 14.1. The first-order chi connectivity index (χ1) is 23.8. The number of hydrogen-bond acceptors (Lipinski definition) is 21. The van der Waals surface area contributed by atoms with E-state index in [4.69, 9.17) is 20.9 Å². The van der Waals surface area contributed by atoms with Crippen molar-refractivity contribution in [1.82, 2.24) is 34.1 Å². The number of nitrogens with zero attached hydrogens (tertiary/aromatic N) is 8. The number of aromatic nitrogens is 8. The molecule has 0 saturated carbocycles. The molecule has 30 heteroatoms. The topological polar surface area (TPSA) is 401 Å². The predicted octanol–water partition coefficient (Wildman–Crippen LogP) is -4.06. The van der Waals surface area contributed by atoms with Crippen LogP contribution in [0.25, 0.3) is 22.3 Å². The van der Waals surface area contributed by atoms with Crippen LogP contribution in [-0.4, -0.2) is 119 Å². The van der Waals surface area contributed by atoms with Gasteiger partial charge in [0, 0.05) is 5.88 Å². The average molecular weight is 786 g/mol. The zero-order chi connectivity index (χ0) is 37.2. The standard InChI is InChI=1S/C21H29N10O17P3/c1-29-6-31(17-10(29)18(36)28-21(23)27-17)20-14(35)12(33)8(46-20)3-44-50(39,40)48-51(41,42)47-49(37,38)43-2-7-11(32)13(34)19(45-7)30-5-26-9-15(22)24-4-25-16(9)30/h4-8,11-14,19-20,32-35H,2-3H2,1H3,(H7-,22,23,24,25,27,28,36,37,38,39,40,41,42). The van der Waals surface area contributed by atoms with Crippen LogP contribution in [0.4, 0.5) is 11.8 Å². The molecule has 0 radical (unpaired) electrons. The van der Waals surface area contributed by atoms with Gasteiger partial charge in [-0.2, -0.15) is 8.62 Å². The number of nitrogens with two attached hydrogens (primary N) is 2. The molecule has 11 unspecified atom stereocenters. The number of phosphoric acid groups is 3. The van der Waals surface area contributed by atoms with Crippen LogP contribution in [0.15, 0.2) is 19.0 Å². The third-order valence-corrected chi connectivity index (χ3v) is 11.8. The summed E-state index contributed by atoms with van der Waals surface area (Å²) in [5, 5.41) is 54.3. The summed E-state index contributed by atoms with van der Waals surface area (Å²) in [4.78, 5) is 49.2. The monoisotopic (exact) mass is 786 g/mol. The summed E-state index contributed by atoms with van der Waals surface area (Å²) in [6, 6.07) is 0. The Kier molecular flexibility index (Phi) is 9.96. The molecular weight excluding hydrogens is 757 g/mol. The molecule has 0 aromatic carbocycles. The Hall–Kier alpha value is -3.33. The highest BCUT2D eigenvalue weighted by atomic mass is 31.3. The number of aryl methyl sites for hydroxylation is 1. The molecule has 11 atom stereocenters. The molecular formula is C21H29N10O17P3. The van der Waals surface area contributed by atoms with E-state index in [1.807, 2.05) is 0 Å². The van der Waals surface area contributed by atoms with E-state index in [-0.39, 0.29) is 28.1 Å². The number of rotatable bonds is 12. The quantitative estimate of drug-likeness (QED) is 0.0487. The van der Waals surface area contributed by atoms with Crippen molar-refractivity contribution in [2.24, 2.45) is 7.05 Å². The molecule has 4 aromatic rings. The third kappa shape index (κ3) is 7.47. The third-order valence-electron chi connectivity index (χ3n) is 7.57. The van der Waals surface area contributed by atoms with Crippen molar-refractivity contribution in [2.75, 3.05) is 24.7 Å². The lowest BCUT2D eigenvalue weighted by Crippen LogP contribution is -2.46. The van der Waals surface area contributed by atoms with Crippen LogP contribution in [0, 0.1) is 0 Å². The van der Waals surface area contributed by atoms with Crippen LogP contribution < -0.4 is 21.1 Å². The van der Waals surface area contributed by atoms with E-state index in [1.165, 1.54) is 28.8 Å². The Morgan fingerprint density at radius 2 is 1.49 bits per heavy atom. The zero-order valence-corrected chi connectivity index (χ0v) is 28.2. The number of hydrogen-bond donors (Lipinski definition) is 9. The molecule has 2 aliphatic rings. The van der Waals surface area contributed by atoms with Gasteiger partial charge in [-0.1, -0.05) is 4.98 Å². The summed E-state index contributed by atoms with van der Waals surface area (Å²) in [5.74, 6) is -1.14. The summed E-state index contributed by atoms with van der Waals surface area (Å²) >= 11 is 0. The van der Waals surface area contributed by atoms with Crippen molar-refractivity contribution < 1.29 is 85.6 Å². The Balaban J connectivity index is 1.04. The minimum absolute atomic E-state index is 0.00860. The van der Waals surface area contributed by atoms with Gasteiger partial charge in [-0.3, -0.25) is 18.2 Å². The largest absolute Gasteiger partial charge is 0.856 e. The Morgan fingerprint density at radius 3 is 2.14 bits per heavy atom. The zero-order valence-electron chi connectivity index (χ0n) is 25.6. The molecule has 4 aromatic heterocycles. The maximum Gasteiger partial charge on any atom is 0.490 e. The first-order valence-corrected chi connectivity index (χ1v) is 18.6. The van der Waals surface area contributed by atoms with E-state index in [0.29, 0.717) is 0 Å². The number of imidazole rings is 2. The lowest BCUT2D eigenvalue weighted by molar-refractivity contribution is -0.745. The predicted molar refractivity (Wildman–Crippen MR) is 158 cm³/mol. The van der Waals surface area contributed by atoms with Crippen molar-refractivity contribution in [2.45, 2.75) is 49.1 Å². The molecule has 6 heterocycles. The second-order valence-corrected chi connectivity index (χ2v) is 15.7. The van der Waals surface area contributed by atoms with Gasteiger partial charge in [0.05, 0.1) is 26.6 Å². The fourth-order valence-corrected chi connectivity index (χ4v) is 8.84. The van der Waals surface area contributed by atoms with Gasteiger partial charge in [-0.05, 0) is 0 Å². The summed E-state index contributed by atoms with van der Waals surface area (Å²) in [6.45, 7) is -2.11. The molecule has 2 aliphatic heterocycles. The second kappa shape index (κ2) is 13.6. The minimum atomic E-state index is -5.97. The smallest absolute Gasteiger partial charge is 0.490 e. The van der Waals surface area contributed by atoms with Gasteiger partial charge in [-0.25, -0.2) is 38.2 Å². The van der Waals surface area contributed by atoms with Crippen molar-refractivity contribution in [3.8, 4) is 5.88 Å². The Labute approximate surface area is 283 Å². The van der Waals surface area contributed by atoms with E-state index in [1.54, 1.807) is 0 Å². The molecule has 2 saturated heterocycles. The van der Waals surface area contributed by atoms with E-state index >= 15 is 0 Å². The highest BCUT2D eigenvalue weighted by Crippen LogP contribution is 2.67. The van der Waals surface area contributed by atoms with Crippen LogP contribution in [-0.2, 0) is 47.9 Å². The summed E-state index contributed by atoms with van der Waals surface area (Å²) in [5.41, 5.74) is 11.4. The number of nitrogen functional groups attached to an aromatic ring is 2. The van der Waals surface area contributed by atoms with Gasteiger partial charge in [0.2, 0.25) is 6.23 Å². The van der Waals surface area contributed by atoms with Gasteiger partial charge in [0.1, 0.15) is 48.5 Å². The van der Waals surface area contributed by atoms with Gasteiger partial charge in [0.25, 0.3) is 5.95 Å². The number of fused-ring (bicyclic) bond motifs is 2. The number of aliphatic hydroxyl groups is 4. The average Bonchev–Trinajstić information content (AvgIpc) is 3.74. The Bertz CT molecular complexity index is 2100. The van der Waals surface area contributed by atoms with Gasteiger partial charge in [0.15, 0.2) is 29.5 Å². The second-order valence-electron chi connectivity index (χ2n) is 11.0. The minimum Gasteiger partial charge on any atom is -0.856 e. The van der Waals surface area contributed by atoms with E-state index in [9.17, 15) is 53.9 Å². The number of aliphatic hydroxyl groups excluding tert-OH is 4. The fourth-order valence-electron chi connectivity index (χ4n) is 5.32. The number of ether oxygens (including phenoxy) is 2. The van der Waals surface area contributed by atoms with Crippen LogP contribution in [0.3, 0.4) is 0 Å². The normalized spacial score (nSPS) is 30.4. The molecule has 2 fully saturated rings. The lowest BCUT2D eigenvalue weighted by Gasteiger charge is -2.21. The van der Waals surface area contributed by atoms with Crippen molar-refractivity contribution in [1.29, 1.82) is 0 Å². The van der Waals surface area contributed by atoms with Crippen molar-refractivity contribution in [3.05, 3.63) is 19.0 Å². The molecule has 0 aliphatic carbocycles. The first kappa shape index (κ1) is 37.4. The molecule has 6 rings (SSSR count). The molecule has 27 nitrogen and oxygen atoms in total. The van der Waals surface area contributed by atoms with Crippen molar-refractivity contribution in [3.63, 3.8) is 0 Å². The number of anilines is 2. The summed E-state index contributed by atoms with van der Waals surface area (Å²) in [7, 11) is -15.8. The van der Waals surface area contributed by atoms with Crippen molar-refractivity contribution >= 4 is 57.6 Å². The molecule has 11 N–H and O–H groups in total. The molecule has 51 heavy (non-hydrogen) atoms. The van der Waals surface area contributed by atoms with Crippen LogP contribution in [0.5, 0.6) is 5.88 Å². The van der Waals surface area contributed by atoms with Gasteiger partial charge < -0.3 is 61.2 Å².